The molecule has 5 N–H and O–H groups in total. The number of hydrogen-bond donors (Lipinski definition) is 4. The van der Waals surface area contributed by atoms with Crippen LogP contribution < -0.4 is 21.3 Å². The van der Waals surface area contributed by atoms with Crippen LogP contribution in [-0.4, -0.2) is 29.4 Å². The van der Waals surface area contributed by atoms with E-state index < -0.39 is 12.0 Å². The maximum Gasteiger partial charge on any atom is 0.326 e. The lowest BCUT2D eigenvalue weighted by molar-refractivity contribution is -0.142. The maximum atomic E-state index is 12.1. The van der Waals surface area contributed by atoms with E-state index in [0.717, 1.165) is 16.8 Å². The van der Waals surface area contributed by atoms with Crippen LogP contribution in [0.5, 0.6) is 5.75 Å². The summed E-state index contributed by atoms with van der Waals surface area (Å²) in [7, 11) is 0. The zero-order valence-electron chi connectivity index (χ0n) is 18.1. The van der Waals surface area contributed by atoms with Crippen molar-refractivity contribution in [2.24, 2.45) is 16.3 Å². The SMILES string of the molecule is CC(C)(C)CC(=O)NC(Cc1ccc(OCc2cccc(N=CNN)c2)cc1)C(=O)O. The lowest BCUT2D eigenvalue weighted by atomic mass is 9.91. The van der Waals surface area contributed by atoms with Gasteiger partial charge >= 0.3 is 5.97 Å². The highest BCUT2D eigenvalue weighted by Gasteiger charge is 2.23. The molecule has 0 radical (unpaired) electrons. The van der Waals surface area contributed by atoms with Gasteiger partial charge in [0.05, 0.1) is 5.69 Å². The van der Waals surface area contributed by atoms with Gasteiger partial charge in [-0.3, -0.25) is 4.79 Å². The lowest BCUT2D eigenvalue weighted by Crippen LogP contribution is -2.43. The number of nitrogens with zero attached hydrogens (tertiary/aromatic N) is 1. The highest BCUT2D eigenvalue weighted by atomic mass is 16.5. The molecule has 1 amide bonds. The summed E-state index contributed by atoms with van der Waals surface area (Å²) in [6, 6.07) is 13.7. The highest BCUT2D eigenvalue weighted by molar-refractivity contribution is 5.84. The van der Waals surface area contributed by atoms with Gasteiger partial charge in [-0.2, -0.15) is 0 Å². The third kappa shape index (κ3) is 8.88. The standard InChI is InChI=1S/C23H30N4O4/c1-23(2,3)13-21(28)27-20(22(29)30)12-16-7-9-19(10-8-16)31-14-17-5-4-6-18(11-17)25-15-26-24/h4-11,15,20H,12-14,24H2,1-3H3,(H,25,26)(H,27,28)(H,29,30). The highest BCUT2D eigenvalue weighted by Crippen LogP contribution is 2.20. The predicted octanol–water partition coefficient (Wildman–Crippen LogP) is 2.94. The van der Waals surface area contributed by atoms with Crippen molar-refractivity contribution in [3.05, 3.63) is 59.7 Å². The number of hydrazine groups is 1. The quantitative estimate of drug-likeness (QED) is 0.200. The number of ether oxygens (including phenoxy) is 1. The molecule has 0 aliphatic carbocycles. The molecule has 2 aromatic rings. The first kappa shape index (κ1) is 23.9. The Kier molecular flexibility index (Phi) is 8.57. The second-order valence-electron chi connectivity index (χ2n) is 8.43. The number of amides is 1. The van der Waals surface area contributed by atoms with E-state index in [2.05, 4.69) is 15.7 Å². The second kappa shape index (κ2) is 11.1. The molecular formula is C23H30N4O4. The smallest absolute Gasteiger partial charge is 0.326 e. The Hall–Kier alpha value is -3.39. The summed E-state index contributed by atoms with van der Waals surface area (Å²) in [6.45, 7) is 6.16. The first-order chi connectivity index (χ1) is 14.7. The van der Waals surface area contributed by atoms with Crippen molar-refractivity contribution >= 4 is 23.9 Å². The molecule has 2 aromatic carbocycles. The third-order valence-corrected chi connectivity index (χ3v) is 4.29. The minimum absolute atomic E-state index is 0.195. The average Bonchev–Trinajstić information content (AvgIpc) is 2.70. The molecule has 0 aromatic heterocycles. The van der Waals surface area contributed by atoms with E-state index in [9.17, 15) is 14.7 Å². The summed E-state index contributed by atoms with van der Waals surface area (Å²) < 4.78 is 5.80. The number of rotatable bonds is 10. The van der Waals surface area contributed by atoms with Crippen LogP contribution in [0.2, 0.25) is 0 Å². The molecule has 1 unspecified atom stereocenters. The number of hydrogen-bond acceptors (Lipinski definition) is 5. The predicted molar refractivity (Wildman–Crippen MR) is 120 cm³/mol. The van der Waals surface area contributed by atoms with Gasteiger partial charge in [0.1, 0.15) is 24.7 Å². The van der Waals surface area contributed by atoms with Crippen LogP contribution in [0.25, 0.3) is 0 Å². The van der Waals surface area contributed by atoms with Gasteiger partial charge in [0, 0.05) is 12.8 Å². The van der Waals surface area contributed by atoms with E-state index in [0.29, 0.717) is 12.4 Å². The summed E-state index contributed by atoms with van der Waals surface area (Å²) in [5, 5.41) is 12.1. The van der Waals surface area contributed by atoms with E-state index in [4.69, 9.17) is 10.6 Å². The van der Waals surface area contributed by atoms with Gasteiger partial charge in [-0.25, -0.2) is 15.6 Å². The van der Waals surface area contributed by atoms with Gasteiger partial charge in [0.2, 0.25) is 5.91 Å². The maximum absolute atomic E-state index is 12.1. The number of carboxylic acid groups (broad SMARTS) is 1. The van der Waals surface area contributed by atoms with Crippen LogP contribution >= 0.6 is 0 Å². The van der Waals surface area contributed by atoms with Gasteiger partial charge in [0.15, 0.2) is 0 Å². The van der Waals surface area contributed by atoms with E-state index in [1.54, 1.807) is 24.3 Å². The van der Waals surface area contributed by atoms with Crippen LogP contribution in [0.4, 0.5) is 5.69 Å². The zero-order chi connectivity index (χ0) is 22.9. The number of aliphatic imine (C=N–C) groups is 1. The molecule has 0 heterocycles. The van der Waals surface area contributed by atoms with Crippen molar-refractivity contribution in [1.82, 2.24) is 10.7 Å². The molecule has 0 bridgehead atoms. The number of aliphatic carboxylic acids is 1. The molecule has 2 rings (SSSR count). The second-order valence-corrected chi connectivity index (χ2v) is 8.43. The molecule has 8 heteroatoms. The van der Waals surface area contributed by atoms with Crippen LogP contribution in [0.1, 0.15) is 38.3 Å². The van der Waals surface area contributed by atoms with E-state index in [-0.39, 0.29) is 24.2 Å². The molecule has 0 aliphatic heterocycles. The number of nitrogens with one attached hydrogen (secondary N) is 2. The number of carbonyl (C=O) groups excluding carboxylic acids is 1. The Balaban J connectivity index is 1.94. The number of carbonyl (C=O) groups is 2. The molecule has 8 nitrogen and oxygen atoms in total. The summed E-state index contributed by atoms with van der Waals surface area (Å²) in [4.78, 5) is 27.8. The minimum atomic E-state index is -1.06. The number of benzene rings is 2. The van der Waals surface area contributed by atoms with Gasteiger partial charge < -0.3 is 20.6 Å². The average molecular weight is 427 g/mol. The summed E-state index contributed by atoms with van der Waals surface area (Å²) in [5.74, 6) is 4.51. The normalized spacial score (nSPS) is 12.4. The Morgan fingerprint density at radius 1 is 1.16 bits per heavy atom. The molecule has 31 heavy (non-hydrogen) atoms. The lowest BCUT2D eigenvalue weighted by Gasteiger charge is -2.20. The summed E-state index contributed by atoms with van der Waals surface area (Å²) in [5.41, 5.74) is 4.64. The van der Waals surface area contributed by atoms with Crippen molar-refractivity contribution in [3.63, 3.8) is 0 Å². The van der Waals surface area contributed by atoms with E-state index in [1.165, 1.54) is 6.34 Å². The topological polar surface area (TPSA) is 126 Å². The summed E-state index contributed by atoms with van der Waals surface area (Å²) in [6.07, 6.45) is 1.86. The molecule has 0 aliphatic rings. The van der Waals surface area contributed by atoms with Gasteiger partial charge in [-0.1, -0.05) is 45.0 Å². The number of nitrogens with two attached hydrogens (primary N) is 1. The Labute approximate surface area is 182 Å². The summed E-state index contributed by atoms with van der Waals surface area (Å²) >= 11 is 0. The fourth-order valence-corrected chi connectivity index (χ4v) is 2.89. The first-order valence-corrected chi connectivity index (χ1v) is 9.98. The van der Waals surface area contributed by atoms with Crippen LogP contribution in [0, 0.1) is 5.41 Å². The van der Waals surface area contributed by atoms with Crippen LogP contribution in [0.3, 0.4) is 0 Å². The monoisotopic (exact) mass is 426 g/mol. The van der Waals surface area contributed by atoms with Gasteiger partial charge in [0.25, 0.3) is 0 Å². The minimum Gasteiger partial charge on any atom is -0.489 e. The molecule has 0 saturated heterocycles. The fourth-order valence-electron chi connectivity index (χ4n) is 2.89. The molecule has 0 saturated carbocycles. The zero-order valence-corrected chi connectivity index (χ0v) is 18.1. The Morgan fingerprint density at radius 3 is 2.48 bits per heavy atom. The van der Waals surface area contributed by atoms with Gasteiger partial charge in [-0.05, 0) is 40.8 Å². The van der Waals surface area contributed by atoms with Crippen molar-refractivity contribution in [2.45, 2.75) is 46.3 Å². The van der Waals surface area contributed by atoms with Crippen molar-refractivity contribution < 1.29 is 19.4 Å². The molecule has 0 fully saturated rings. The van der Waals surface area contributed by atoms with Crippen molar-refractivity contribution in [1.29, 1.82) is 0 Å². The van der Waals surface area contributed by atoms with Crippen molar-refractivity contribution in [2.75, 3.05) is 0 Å². The van der Waals surface area contributed by atoms with Gasteiger partial charge in [-0.15, -0.1) is 0 Å². The molecule has 1 atom stereocenters. The molecule has 166 valence electrons. The fraction of sp³-hybridized carbons (Fsp3) is 0.348. The van der Waals surface area contributed by atoms with E-state index >= 15 is 0 Å². The molecular weight excluding hydrogens is 396 g/mol. The number of carboxylic acids is 1. The molecule has 0 spiro atoms. The Morgan fingerprint density at radius 2 is 1.87 bits per heavy atom. The third-order valence-electron chi connectivity index (χ3n) is 4.29. The van der Waals surface area contributed by atoms with Crippen LogP contribution in [0.15, 0.2) is 53.5 Å². The van der Waals surface area contributed by atoms with E-state index in [1.807, 2.05) is 45.0 Å². The first-order valence-electron chi connectivity index (χ1n) is 9.98. The van der Waals surface area contributed by atoms with Crippen LogP contribution in [-0.2, 0) is 22.6 Å². The largest absolute Gasteiger partial charge is 0.489 e. The Bertz CT molecular complexity index is 905. The van der Waals surface area contributed by atoms with Crippen molar-refractivity contribution in [3.8, 4) is 5.75 Å².